The first-order valence-corrected chi connectivity index (χ1v) is 9.74. The fourth-order valence-electron chi connectivity index (χ4n) is 3.59. The number of benzene rings is 1. The summed E-state index contributed by atoms with van der Waals surface area (Å²) in [7, 11) is 3.48. The summed E-state index contributed by atoms with van der Waals surface area (Å²) in [6.07, 6.45) is 2.79. The Kier molecular flexibility index (Phi) is 6.14. The monoisotopic (exact) mass is 383 g/mol. The lowest BCUT2D eigenvalue weighted by Crippen LogP contribution is -2.50. The van der Waals surface area contributed by atoms with Crippen LogP contribution < -0.4 is 5.32 Å². The minimum Gasteiger partial charge on any atom is -0.348 e. The molecule has 0 spiro atoms. The van der Waals surface area contributed by atoms with E-state index in [9.17, 15) is 9.59 Å². The third kappa shape index (κ3) is 4.59. The second-order valence-corrected chi connectivity index (χ2v) is 7.65. The fraction of sp³-hybridized carbons (Fsp3) is 0.476. The summed E-state index contributed by atoms with van der Waals surface area (Å²) in [6.45, 7) is 5.04. The van der Waals surface area contributed by atoms with Crippen molar-refractivity contribution in [3.8, 4) is 5.69 Å². The molecule has 0 aliphatic carbocycles. The Morgan fingerprint density at radius 3 is 2.50 bits per heavy atom. The highest BCUT2D eigenvalue weighted by atomic mass is 16.2. The SMILES string of the molecule is Cc1cc(C)n(-c2ccc(NC(=O)[C@H]3CCCCN3CC(=O)N(C)C)cc2)n1. The average Bonchev–Trinajstić information content (AvgIpc) is 3.00. The van der Waals surface area contributed by atoms with Crippen LogP contribution in [0.25, 0.3) is 5.69 Å². The van der Waals surface area contributed by atoms with Gasteiger partial charge in [0, 0.05) is 25.5 Å². The van der Waals surface area contributed by atoms with Gasteiger partial charge in [-0.3, -0.25) is 14.5 Å². The van der Waals surface area contributed by atoms with E-state index >= 15 is 0 Å². The van der Waals surface area contributed by atoms with E-state index in [4.69, 9.17) is 0 Å². The maximum atomic E-state index is 12.8. The van der Waals surface area contributed by atoms with Crippen LogP contribution in [0.5, 0.6) is 0 Å². The Bertz CT molecular complexity index is 841. The zero-order chi connectivity index (χ0) is 20.3. The van der Waals surface area contributed by atoms with Crippen LogP contribution in [0.4, 0.5) is 5.69 Å². The number of nitrogens with one attached hydrogen (secondary N) is 1. The molecule has 7 heteroatoms. The Morgan fingerprint density at radius 1 is 1.18 bits per heavy atom. The van der Waals surface area contributed by atoms with Crippen molar-refractivity contribution in [2.24, 2.45) is 0 Å². The van der Waals surface area contributed by atoms with Gasteiger partial charge in [0.2, 0.25) is 11.8 Å². The van der Waals surface area contributed by atoms with Gasteiger partial charge in [-0.25, -0.2) is 4.68 Å². The number of amides is 2. The number of carbonyl (C=O) groups excluding carboxylic acids is 2. The van der Waals surface area contributed by atoms with Crippen LogP contribution in [-0.2, 0) is 9.59 Å². The summed E-state index contributed by atoms with van der Waals surface area (Å²) in [5.74, 6) is -0.0286. The molecule has 1 N–H and O–H groups in total. The van der Waals surface area contributed by atoms with E-state index in [0.717, 1.165) is 48.6 Å². The quantitative estimate of drug-likeness (QED) is 0.861. The predicted molar refractivity (Wildman–Crippen MR) is 110 cm³/mol. The van der Waals surface area contributed by atoms with Gasteiger partial charge in [-0.15, -0.1) is 0 Å². The molecule has 7 nitrogen and oxygen atoms in total. The Morgan fingerprint density at radius 2 is 1.89 bits per heavy atom. The van der Waals surface area contributed by atoms with Crippen LogP contribution in [0.15, 0.2) is 30.3 Å². The van der Waals surface area contributed by atoms with Crippen LogP contribution >= 0.6 is 0 Å². The van der Waals surface area contributed by atoms with Gasteiger partial charge in [0.25, 0.3) is 0 Å². The number of hydrogen-bond acceptors (Lipinski definition) is 4. The first-order chi connectivity index (χ1) is 13.3. The van der Waals surface area contributed by atoms with Crippen molar-refractivity contribution in [3.05, 3.63) is 41.7 Å². The van der Waals surface area contributed by atoms with Crippen LogP contribution in [-0.4, -0.2) is 64.6 Å². The molecule has 0 unspecified atom stereocenters. The smallest absolute Gasteiger partial charge is 0.241 e. The molecule has 1 aromatic carbocycles. The Hall–Kier alpha value is -2.67. The minimum absolute atomic E-state index is 0.0222. The molecule has 2 heterocycles. The maximum absolute atomic E-state index is 12.8. The summed E-state index contributed by atoms with van der Waals surface area (Å²) in [5.41, 5.74) is 3.75. The lowest BCUT2D eigenvalue weighted by Gasteiger charge is -2.34. The van der Waals surface area contributed by atoms with Crippen molar-refractivity contribution < 1.29 is 9.59 Å². The molecule has 2 amide bonds. The van der Waals surface area contributed by atoms with Crippen molar-refractivity contribution in [3.63, 3.8) is 0 Å². The number of nitrogens with zero attached hydrogens (tertiary/aromatic N) is 4. The normalized spacial score (nSPS) is 17.4. The standard InChI is InChI=1S/C21H29N5O2/c1-15-13-16(2)26(23-15)18-10-8-17(9-11-18)22-21(28)19-7-5-6-12-25(19)14-20(27)24(3)4/h8-11,13,19H,5-7,12,14H2,1-4H3,(H,22,28)/t19-/m1/s1. The van der Waals surface area contributed by atoms with Gasteiger partial charge in [0.15, 0.2) is 0 Å². The number of likely N-dealkylation sites (N-methyl/N-ethyl adjacent to an activating group) is 1. The molecule has 3 rings (SSSR count). The van der Waals surface area contributed by atoms with E-state index < -0.39 is 0 Å². The van der Waals surface area contributed by atoms with Gasteiger partial charge in [0.05, 0.1) is 24.0 Å². The fourth-order valence-corrected chi connectivity index (χ4v) is 3.59. The summed E-state index contributed by atoms with van der Waals surface area (Å²) >= 11 is 0. The van der Waals surface area contributed by atoms with Crippen LogP contribution in [0.1, 0.15) is 30.7 Å². The van der Waals surface area contributed by atoms with Crippen LogP contribution in [0.3, 0.4) is 0 Å². The molecule has 1 aromatic heterocycles. The lowest BCUT2D eigenvalue weighted by molar-refractivity contribution is -0.132. The number of aromatic nitrogens is 2. The molecule has 0 radical (unpaired) electrons. The zero-order valence-corrected chi connectivity index (χ0v) is 17.1. The van der Waals surface area contributed by atoms with E-state index in [2.05, 4.69) is 10.4 Å². The Balaban J connectivity index is 1.67. The van der Waals surface area contributed by atoms with E-state index in [1.54, 1.807) is 19.0 Å². The number of aryl methyl sites for hydroxylation is 2. The molecule has 1 aliphatic rings. The van der Waals surface area contributed by atoms with Crippen molar-refractivity contribution >= 4 is 17.5 Å². The van der Waals surface area contributed by atoms with Crippen LogP contribution in [0.2, 0.25) is 0 Å². The number of hydrogen-bond donors (Lipinski definition) is 1. The van der Waals surface area contributed by atoms with Gasteiger partial charge in [-0.2, -0.15) is 5.10 Å². The van der Waals surface area contributed by atoms with E-state index in [-0.39, 0.29) is 24.4 Å². The van der Waals surface area contributed by atoms with Gasteiger partial charge < -0.3 is 10.2 Å². The maximum Gasteiger partial charge on any atom is 0.241 e. The number of carbonyl (C=O) groups is 2. The number of anilines is 1. The number of rotatable bonds is 5. The summed E-state index contributed by atoms with van der Waals surface area (Å²) < 4.78 is 1.89. The molecule has 1 atom stereocenters. The number of piperidine rings is 1. The van der Waals surface area contributed by atoms with Crippen molar-refractivity contribution in [2.45, 2.75) is 39.2 Å². The second kappa shape index (κ2) is 8.56. The van der Waals surface area contributed by atoms with Gasteiger partial charge in [-0.05, 0) is 63.6 Å². The van der Waals surface area contributed by atoms with Crippen molar-refractivity contribution in [2.75, 3.05) is 32.5 Å². The third-order valence-corrected chi connectivity index (χ3v) is 5.14. The highest BCUT2D eigenvalue weighted by Gasteiger charge is 2.30. The molecule has 2 aromatic rings. The third-order valence-electron chi connectivity index (χ3n) is 5.14. The largest absolute Gasteiger partial charge is 0.348 e. The predicted octanol–water partition coefficient (Wildman–Crippen LogP) is 2.37. The summed E-state index contributed by atoms with van der Waals surface area (Å²) in [4.78, 5) is 28.5. The van der Waals surface area contributed by atoms with Gasteiger partial charge in [0.1, 0.15) is 0 Å². The number of likely N-dealkylation sites (tertiary alicyclic amines) is 1. The molecule has 28 heavy (non-hydrogen) atoms. The Labute approximate surface area is 166 Å². The minimum atomic E-state index is -0.270. The molecule has 1 aliphatic heterocycles. The first kappa shape index (κ1) is 20.1. The van der Waals surface area contributed by atoms with Gasteiger partial charge in [-0.1, -0.05) is 6.42 Å². The van der Waals surface area contributed by atoms with Crippen LogP contribution in [0, 0.1) is 13.8 Å². The topological polar surface area (TPSA) is 70.5 Å². The second-order valence-electron chi connectivity index (χ2n) is 7.65. The van der Waals surface area contributed by atoms with E-state index in [0.29, 0.717) is 0 Å². The van der Waals surface area contributed by atoms with Crippen molar-refractivity contribution in [1.29, 1.82) is 0 Å². The van der Waals surface area contributed by atoms with E-state index in [1.807, 2.05) is 53.8 Å². The molecular formula is C21H29N5O2. The summed E-state index contributed by atoms with van der Waals surface area (Å²) in [6, 6.07) is 9.44. The molecule has 1 saturated heterocycles. The van der Waals surface area contributed by atoms with Gasteiger partial charge >= 0.3 is 0 Å². The highest BCUT2D eigenvalue weighted by molar-refractivity contribution is 5.95. The zero-order valence-electron chi connectivity index (χ0n) is 17.1. The molecule has 0 bridgehead atoms. The van der Waals surface area contributed by atoms with Crippen molar-refractivity contribution in [1.82, 2.24) is 19.6 Å². The summed E-state index contributed by atoms with van der Waals surface area (Å²) in [5, 5.41) is 7.49. The van der Waals surface area contributed by atoms with E-state index in [1.165, 1.54) is 0 Å². The first-order valence-electron chi connectivity index (χ1n) is 9.74. The highest BCUT2D eigenvalue weighted by Crippen LogP contribution is 2.20. The molecule has 1 fully saturated rings. The molecular weight excluding hydrogens is 354 g/mol. The average molecular weight is 383 g/mol. The lowest BCUT2D eigenvalue weighted by atomic mass is 10.0. The molecule has 0 saturated carbocycles. The molecule has 150 valence electrons.